The zero-order valence-electron chi connectivity index (χ0n) is 18.0. The molecule has 0 radical (unpaired) electrons. The van der Waals surface area contributed by atoms with Crippen molar-refractivity contribution in [3.63, 3.8) is 0 Å². The molecule has 0 aromatic heterocycles. The van der Waals surface area contributed by atoms with Crippen molar-refractivity contribution in [2.24, 2.45) is 5.92 Å². The van der Waals surface area contributed by atoms with Gasteiger partial charge < -0.3 is 20.1 Å². The zero-order valence-corrected chi connectivity index (χ0v) is 18.0. The van der Waals surface area contributed by atoms with Gasteiger partial charge in [0.25, 0.3) is 5.91 Å². The van der Waals surface area contributed by atoms with Crippen molar-refractivity contribution in [2.45, 2.75) is 25.0 Å². The van der Waals surface area contributed by atoms with Crippen LogP contribution in [0.3, 0.4) is 0 Å². The highest BCUT2D eigenvalue weighted by Gasteiger charge is 2.24. The molecule has 2 fully saturated rings. The molecule has 2 heterocycles. The van der Waals surface area contributed by atoms with Gasteiger partial charge >= 0.3 is 0 Å². The van der Waals surface area contributed by atoms with E-state index in [0.29, 0.717) is 18.0 Å². The smallest absolute Gasteiger partial charge is 0.253 e. The predicted molar refractivity (Wildman–Crippen MR) is 121 cm³/mol. The molecular weight excluding hydrogens is 392 g/mol. The van der Waals surface area contributed by atoms with Crippen LogP contribution in [-0.2, 0) is 0 Å². The highest BCUT2D eigenvalue weighted by atomic mass is 16.5. The highest BCUT2D eigenvalue weighted by Crippen LogP contribution is 2.22. The molecule has 1 amide bonds. The summed E-state index contributed by atoms with van der Waals surface area (Å²) in [7, 11) is 1.68. The summed E-state index contributed by atoms with van der Waals surface area (Å²) in [6.07, 6.45) is 1.92. The average molecular weight is 425 g/mol. The van der Waals surface area contributed by atoms with Gasteiger partial charge in [-0.25, -0.2) is 0 Å². The largest absolute Gasteiger partial charge is 0.497 e. The van der Waals surface area contributed by atoms with Gasteiger partial charge in [-0.05, 0) is 60.7 Å². The van der Waals surface area contributed by atoms with Crippen LogP contribution < -0.4 is 20.7 Å². The van der Waals surface area contributed by atoms with Crippen LogP contribution in [0.5, 0.6) is 5.75 Å². The second-order valence-electron chi connectivity index (χ2n) is 8.38. The number of piperidine rings is 1. The monoisotopic (exact) mass is 424 g/mol. The molecule has 7 nitrogen and oxygen atoms in total. The van der Waals surface area contributed by atoms with Gasteiger partial charge in [-0.3, -0.25) is 15.4 Å². The molecule has 0 spiro atoms. The number of ether oxygens (including phenoxy) is 1. The number of carbonyl (C=O) groups is 1. The first kappa shape index (κ1) is 21.6. The maximum Gasteiger partial charge on any atom is 0.253 e. The molecule has 0 aliphatic carbocycles. The third-order valence-corrected chi connectivity index (χ3v) is 6.23. The quantitative estimate of drug-likeness (QED) is 0.569. The Morgan fingerprint density at radius 2 is 1.84 bits per heavy atom. The minimum atomic E-state index is -0.0246. The third-order valence-electron chi connectivity index (χ3n) is 6.23. The van der Waals surface area contributed by atoms with Gasteiger partial charge in [0.05, 0.1) is 7.11 Å². The fourth-order valence-electron chi connectivity index (χ4n) is 4.34. The van der Waals surface area contributed by atoms with E-state index in [1.165, 1.54) is 5.56 Å². The van der Waals surface area contributed by atoms with Crippen molar-refractivity contribution < 1.29 is 14.6 Å². The molecular formula is C24H32N4O3. The van der Waals surface area contributed by atoms with Crippen molar-refractivity contribution in [2.75, 3.05) is 45.2 Å². The zero-order chi connectivity index (χ0) is 21.6. The topological polar surface area (TPSA) is 85.9 Å². The Morgan fingerprint density at radius 3 is 2.48 bits per heavy atom. The summed E-state index contributed by atoms with van der Waals surface area (Å²) in [6, 6.07) is 15.8. The minimum Gasteiger partial charge on any atom is -0.497 e. The SMILES string of the molecule is COc1ccc(C2CNC(Nc3ccc(C(=O)N4CCCC(CO)C4)cc3)NC2)cc1. The highest BCUT2D eigenvalue weighted by molar-refractivity contribution is 5.94. The molecule has 166 valence electrons. The Labute approximate surface area is 183 Å². The number of carbonyl (C=O) groups excluding carboxylic acids is 1. The lowest BCUT2D eigenvalue weighted by atomic mass is 9.97. The van der Waals surface area contributed by atoms with Gasteiger partial charge in [0.2, 0.25) is 0 Å². The number of amides is 1. The number of rotatable bonds is 6. The van der Waals surface area contributed by atoms with E-state index in [4.69, 9.17) is 4.74 Å². The molecule has 2 aliphatic heterocycles. The number of nitrogens with zero attached hydrogens (tertiary/aromatic N) is 1. The van der Waals surface area contributed by atoms with Crippen LogP contribution in [0.1, 0.15) is 34.7 Å². The summed E-state index contributed by atoms with van der Waals surface area (Å²) in [6.45, 7) is 3.29. The molecule has 4 N–H and O–H groups in total. The van der Waals surface area contributed by atoms with Crippen molar-refractivity contribution in [3.8, 4) is 5.75 Å². The Morgan fingerprint density at radius 1 is 1.13 bits per heavy atom. The molecule has 1 atom stereocenters. The van der Waals surface area contributed by atoms with Crippen LogP contribution >= 0.6 is 0 Å². The number of methoxy groups -OCH3 is 1. The molecule has 7 heteroatoms. The van der Waals surface area contributed by atoms with E-state index in [1.54, 1.807) is 7.11 Å². The van der Waals surface area contributed by atoms with Crippen LogP contribution in [0.4, 0.5) is 5.69 Å². The van der Waals surface area contributed by atoms with Crippen molar-refractivity contribution in [1.82, 2.24) is 15.5 Å². The first-order valence-corrected chi connectivity index (χ1v) is 11.0. The first-order chi connectivity index (χ1) is 15.2. The van der Waals surface area contributed by atoms with E-state index in [0.717, 1.165) is 43.9 Å². The maximum absolute atomic E-state index is 12.8. The third kappa shape index (κ3) is 5.36. The number of benzene rings is 2. The number of anilines is 1. The summed E-state index contributed by atoms with van der Waals surface area (Å²) >= 11 is 0. The number of nitrogens with one attached hydrogen (secondary N) is 3. The van der Waals surface area contributed by atoms with Crippen LogP contribution in [0.15, 0.2) is 48.5 Å². The van der Waals surface area contributed by atoms with Gasteiger partial charge in [-0.2, -0.15) is 0 Å². The number of aliphatic hydroxyl groups is 1. The molecule has 4 rings (SSSR count). The number of hydrogen-bond acceptors (Lipinski definition) is 6. The second kappa shape index (κ2) is 10.1. The van der Waals surface area contributed by atoms with Crippen LogP contribution in [0.25, 0.3) is 0 Å². The van der Waals surface area contributed by atoms with Gasteiger partial charge in [-0.15, -0.1) is 0 Å². The van der Waals surface area contributed by atoms with Crippen LogP contribution in [0, 0.1) is 5.92 Å². The molecule has 1 unspecified atom stereocenters. The standard InChI is InChI=1S/C24H32N4O3/c1-31-22-10-6-18(7-11-22)20-13-25-24(26-14-20)27-21-8-4-19(5-9-21)23(30)28-12-2-3-17(15-28)16-29/h4-11,17,20,24-27,29H,2-3,12-16H2,1H3. The fraction of sp³-hybridized carbons (Fsp3) is 0.458. The molecule has 2 aromatic rings. The van der Waals surface area contributed by atoms with E-state index >= 15 is 0 Å². The molecule has 2 aliphatic rings. The molecule has 2 saturated heterocycles. The summed E-state index contributed by atoms with van der Waals surface area (Å²) in [5, 5.41) is 19.8. The number of aliphatic hydroxyl groups excluding tert-OH is 1. The normalized spacial score (nSPS) is 23.9. The lowest BCUT2D eigenvalue weighted by Gasteiger charge is -2.33. The lowest BCUT2D eigenvalue weighted by Crippen LogP contribution is -2.55. The van der Waals surface area contributed by atoms with E-state index in [9.17, 15) is 9.90 Å². The van der Waals surface area contributed by atoms with E-state index in [-0.39, 0.29) is 24.7 Å². The summed E-state index contributed by atoms with van der Waals surface area (Å²) in [5.74, 6) is 1.51. The van der Waals surface area contributed by atoms with Gasteiger partial charge in [0, 0.05) is 50.0 Å². The molecule has 31 heavy (non-hydrogen) atoms. The van der Waals surface area contributed by atoms with E-state index in [2.05, 4.69) is 28.1 Å². The Balaban J connectivity index is 1.28. The van der Waals surface area contributed by atoms with Crippen molar-refractivity contribution in [3.05, 3.63) is 59.7 Å². The minimum absolute atomic E-state index is 0.0246. The van der Waals surface area contributed by atoms with E-state index < -0.39 is 0 Å². The number of likely N-dealkylation sites (tertiary alicyclic amines) is 1. The number of hydrogen-bond donors (Lipinski definition) is 4. The summed E-state index contributed by atoms with van der Waals surface area (Å²) in [4.78, 5) is 14.6. The molecule has 0 bridgehead atoms. The van der Waals surface area contributed by atoms with Crippen molar-refractivity contribution in [1.29, 1.82) is 0 Å². The Kier molecular flexibility index (Phi) is 7.06. The summed E-state index contributed by atoms with van der Waals surface area (Å²) in [5.41, 5.74) is 2.92. The van der Waals surface area contributed by atoms with E-state index in [1.807, 2.05) is 41.3 Å². The Bertz CT molecular complexity index is 848. The maximum atomic E-state index is 12.8. The lowest BCUT2D eigenvalue weighted by molar-refractivity contribution is 0.0620. The van der Waals surface area contributed by atoms with Crippen molar-refractivity contribution >= 4 is 11.6 Å². The first-order valence-electron chi connectivity index (χ1n) is 11.0. The Hall–Kier alpha value is -2.61. The fourth-order valence-corrected chi connectivity index (χ4v) is 4.34. The van der Waals surface area contributed by atoms with Gasteiger partial charge in [0.1, 0.15) is 12.0 Å². The second-order valence-corrected chi connectivity index (χ2v) is 8.38. The van der Waals surface area contributed by atoms with Gasteiger partial charge in [0.15, 0.2) is 0 Å². The average Bonchev–Trinajstić information content (AvgIpc) is 2.84. The van der Waals surface area contributed by atoms with Crippen LogP contribution in [0.2, 0.25) is 0 Å². The van der Waals surface area contributed by atoms with Gasteiger partial charge in [-0.1, -0.05) is 12.1 Å². The predicted octanol–water partition coefficient (Wildman–Crippen LogP) is 2.21. The summed E-state index contributed by atoms with van der Waals surface area (Å²) < 4.78 is 5.23. The van der Waals surface area contributed by atoms with Crippen LogP contribution in [-0.4, -0.2) is 62.1 Å². The molecule has 2 aromatic carbocycles. The molecule has 0 saturated carbocycles.